The van der Waals surface area contributed by atoms with E-state index in [0.717, 1.165) is 0 Å². The van der Waals surface area contributed by atoms with Crippen molar-refractivity contribution in [3.05, 3.63) is 65.5 Å². The Morgan fingerprint density at radius 3 is 2.17 bits per heavy atom. The number of halogens is 1. The number of rotatable bonds is 7. The van der Waals surface area contributed by atoms with Gasteiger partial charge in [0.05, 0.1) is 12.7 Å². The molecule has 1 atom stereocenters. The SMILES string of the molecule is CCOC(Nc1ccc(C(=O)OC)cc1)C(=O)c1ccc(F)cc1. The normalized spacial score (nSPS) is 11.6. The van der Waals surface area contributed by atoms with Gasteiger partial charge in [0, 0.05) is 17.9 Å². The summed E-state index contributed by atoms with van der Waals surface area (Å²) in [6.45, 7) is 2.10. The fourth-order valence-corrected chi connectivity index (χ4v) is 2.09. The van der Waals surface area contributed by atoms with E-state index in [1.54, 1.807) is 31.2 Å². The standard InChI is InChI=1S/C18H18FNO4/c1-3-24-17(16(21)12-4-8-14(19)9-5-12)20-15-10-6-13(7-11-15)18(22)23-2/h4-11,17,20H,3H2,1-2H3. The lowest BCUT2D eigenvalue weighted by atomic mass is 10.1. The number of esters is 1. The summed E-state index contributed by atoms with van der Waals surface area (Å²) in [6.07, 6.45) is -0.913. The summed E-state index contributed by atoms with van der Waals surface area (Å²) in [5.74, 6) is -1.16. The van der Waals surface area contributed by atoms with E-state index >= 15 is 0 Å². The van der Waals surface area contributed by atoms with Crippen molar-refractivity contribution in [2.75, 3.05) is 19.0 Å². The van der Waals surface area contributed by atoms with Gasteiger partial charge in [-0.2, -0.15) is 0 Å². The van der Waals surface area contributed by atoms with Crippen molar-refractivity contribution >= 4 is 17.4 Å². The van der Waals surface area contributed by atoms with Crippen LogP contribution >= 0.6 is 0 Å². The molecule has 2 rings (SSSR count). The van der Waals surface area contributed by atoms with Crippen LogP contribution in [0.3, 0.4) is 0 Å². The summed E-state index contributed by atoms with van der Waals surface area (Å²) in [5.41, 5.74) is 1.35. The molecule has 0 fully saturated rings. The molecule has 0 saturated heterocycles. The Morgan fingerprint density at radius 1 is 1.04 bits per heavy atom. The molecular formula is C18H18FNO4. The van der Waals surface area contributed by atoms with Gasteiger partial charge in [-0.05, 0) is 55.5 Å². The van der Waals surface area contributed by atoms with E-state index in [4.69, 9.17) is 4.74 Å². The summed E-state index contributed by atoms with van der Waals surface area (Å²) in [4.78, 5) is 23.9. The lowest BCUT2D eigenvalue weighted by Gasteiger charge is -2.19. The van der Waals surface area contributed by atoms with Crippen LogP contribution in [0.5, 0.6) is 0 Å². The second kappa shape index (κ2) is 8.21. The highest BCUT2D eigenvalue weighted by molar-refractivity contribution is 6.00. The molecule has 0 aliphatic carbocycles. The summed E-state index contributed by atoms with van der Waals surface area (Å²) < 4.78 is 23.1. The number of nitrogens with one attached hydrogen (secondary N) is 1. The molecule has 0 spiro atoms. The zero-order chi connectivity index (χ0) is 17.5. The predicted octanol–water partition coefficient (Wildman–Crippen LogP) is 3.27. The highest BCUT2D eigenvalue weighted by Gasteiger charge is 2.20. The molecule has 5 nitrogen and oxygen atoms in total. The highest BCUT2D eigenvalue weighted by Crippen LogP contribution is 2.15. The number of hydrogen-bond acceptors (Lipinski definition) is 5. The first-order chi connectivity index (χ1) is 11.5. The molecule has 1 N–H and O–H groups in total. The van der Waals surface area contributed by atoms with Crippen LogP contribution in [0.25, 0.3) is 0 Å². The van der Waals surface area contributed by atoms with Crippen molar-refractivity contribution < 1.29 is 23.5 Å². The lowest BCUT2D eigenvalue weighted by molar-refractivity contribution is 0.0549. The largest absolute Gasteiger partial charge is 0.465 e. The maximum absolute atomic E-state index is 13.0. The molecule has 0 bridgehead atoms. The molecular weight excluding hydrogens is 313 g/mol. The number of anilines is 1. The van der Waals surface area contributed by atoms with Crippen molar-refractivity contribution in [1.82, 2.24) is 0 Å². The van der Waals surface area contributed by atoms with E-state index in [1.165, 1.54) is 31.4 Å². The van der Waals surface area contributed by atoms with Crippen LogP contribution in [0, 0.1) is 5.82 Å². The predicted molar refractivity (Wildman–Crippen MR) is 87.5 cm³/mol. The van der Waals surface area contributed by atoms with Crippen LogP contribution in [0.15, 0.2) is 48.5 Å². The summed E-state index contributed by atoms with van der Waals surface area (Å²) in [7, 11) is 1.31. The number of ether oxygens (including phenoxy) is 2. The minimum absolute atomic E-state index is 0.311. The molecule has 0 saturated carbocycles. The summed E-state index contributed by atoms with van der Waals surface area (Å²) >= 11 is 0. The molecule has 1 unspecified atom stereocenters. The van der Waals surface area contributed by atoms with E-state index in [1.807, 2.05) is 0 Å². The smallest absolute Gasteiger partial charge is 0.337 e. The van der Waals surface area contributed by atoms with E-state index in [2.05, 4.69) is 10.1 Å². The van der Waals surface area contributed by atoms with E-state index in [-0.39, 0.29) is 5.78 Å². The Bertz CT molecular complexity index is 698. The van der Waals surface area contributed by atoms with Gasteiger partial charge in [0.2, 0.25) is 5.78 Å². The number of hydrogen-bond donors (Lipinski definition) is 1. The Kier molecular flexibility index (Phi) is 6.03. The van der Waals surface area contributed by atoms with Crippen LogP contribution in [0.2, 0.25) is 0 Å². The lowest BCUT2D eigenvalue weighted by Crippen LogP contribution is -2.32. The molecule has 0 radical (unpaired) electrons. The summed E-state index contributed by atoms with van der Waals surface area (Å²) in [6, 6.07) is 11.7. The highest BCUT2D eigenvalue weighted by atomic mass is 19.1. The van der Waals surface area contributed by atoms with Crippen molar-refractivity contribution in [3.63, 3.8) is 0 Å². The number of Topliss-reactive ketones (excluding diaryl/α,β-unsaturated/α-hetero) is 1. The molecule has 0 aromatic heterocycles. The van der Waals surface area contributed by atoms with Crippen LogP contribution in [-0.4, -0.2) is 31.7 Å². The zero-order valence-corrected chi connectivity index (χ0v) is 13.4. The van der Waals surface area contributed by atoms with Gasteiger partial charge in [0.15, 0.2) is 6.23 Å². The molecule has 0 heterocycles. The Balaban J connectivity index is 2.14. The van der Waals surface area contributed by atoms with E-state index < -0.39 is 18.0 Å². The van der Waals surface area contributed by atoms with Crippen molar-refractivity contribution in [2.45, 2.75) is 13.2 Å². The number of benzene rings is 2. The number of ketones is 1. The van der Waals surface area contributed by atoms with Crippen LogP contribution in [-0.2, 0) is 9.47 Å². The van der Waals surface area contributed by atoms with E-state index in [0.29, 0.717) is 23.4 Å². The number of carbonyl (C=O) groups excluding carboxylic acids is 2. The quantitative estimate of drug-likeness (QED) is 0.479. The van der Waals surface area contributed by atoms with Gasteiger partial charge in [-0.3, -0.25) is 4.79 Å². The average molecular weight is 331 g/mol. The van der Waals surface area contributed by atoms with Gasteiger partial charge in [-0.15, -0.1) is 0 Å². The fraction of sp³-hybridized carbons (Fsp3) is 0.222. The average Bonchev–Trinajstić information content (AvgIpc) is 2.61. The maximum atomic E-state index is 13.0. The Labute approximate surface area is 139 Å². The first-order valence-electron chi connectivity index (χ1n) is 7.41. The zero-order valence-electron chi connectivity index (χ0n) is 13.4. The van der Waals surface area contributed by atoms with Crippen LogP contribution in [0.4, 0.5) is 10.1 Å². The minimum Gasteiger partial charge on any atom is -0.465 e. The summed E-state index contributed by atoms with van der Waals surface area (Å²) in [5, 5.41) is 2.96. The second-order valence-corrected chi connectivity index (χ2v) is 4.92. The number of methoxy groups -OCH3 is 1. The van der Waals surface area contributed by atoms with Gasteiger partial charge in [-0.25, -0.2) is 9.18 Å². The third-order valence-electron chi connectivity index (χ3n) is 3.30. The van der Waals surface area contributed by atoms with Gasteiger partial charge in [-0.1, -0.05) is 0 Å². The first kappa shape index (κ1) is 17.6. The first-order valence-corrected chi connectivity index (χ1v) is 7.41. The third kappa shape index (κ3) is 4.39. The second-order valence-electron chi connectivity index (χ2n) is 4.92. The molecule has 24 heavy (non-hydrogen) atoms. The van der Waals surface area contributed by atoms with Gasteiger partial charge in [0.25, 0.3) is 0 Å². The maximum Gasteiger partial charge on any atom is 0.337 e. The molecule has 126 valence electrons. The molecule has 6 heteroatoms. The van der Waals surface area contributed by atoms with Crippen molar-refractivity contribution in [3.8, 4) is 0 Å². The number of carbonyl (C=O) groups is 2. The van der Waals surface area contributed by atoms with Crippen LogP contribution in [0.1, 0.15) is 27.6 Å². The van der Waals surface area contributed by atoms with Gasteiger partial charge in [0.1, 0.15) is 5.82 Å². The molecule has 0 aliphatic heterocycles. The van der Waals surface area contributed by atoms with Gasteiger partial charge >= 0.3 is 5.97 Å². The molecule has 0 aliphatic rings. The fourth-order valence-electron chi connectivity index (χ4n) is 2.09. The Hall–Kier alpha value is -2.73. The third-order valence-corrected chi connectivity index (χ3v) is 3.30. The monoisotopic (exact) mass is 331 g/mol. The topological polar surface area (TPSA) is 64.6 Å². The van der Waals surface area contributed by atoms with Crippen molar-refractivity contribution in [2.24, 2.45) is 0 Å². The molecule has 0 amide bonds. The van der Waals surface area contributed by atoms with Crippen molar-refractivity contribution in [1.29, 1.82) is 0 Å². The van der Waals surface area contributed by atoms with Gasteiger partial charge < -0.3 is 14.8 Å². The Morgan fingerprint density at radius 2 is 1.62 bits per heavy atom. The van der Waals surface area contributed by atoms with Crippen LogP contribution < -0.4 is 5.32 Å². The molecule has 2 aromatic carbocycles. The van der Waals surface area contributed by atoms with E-state index in [9.17, 15) is 14.0 Å². The molecule has 2 aromatic rings. The minimum atomic E-state index is -0.913.